The van der Waals surface area contributed by atoms with Crippen molar-refractivity contribution >= 4 is 14.6 Å². The first kappa shape index (κ1) is 14.2. The van der Waals surface area contributed by atoms with Gasteiger partial charge in [0.25, 0.3) is 0 Å². The fourth-order valence-electron chi connectivity index (χ4n) is 0.939. The number of allylic oxidation sites excluding steroid dienone is 2. The lowest BCUT2D eigenvalue weighted by Gasteiger charge is -2.20. The SMILES string of the molecule is C=C(C)C(=O)CC=C[Si](OC)(OC)OC. The van der Waals surface area contributed by atoms with E-state index in [9.17, 15) is 4.79 Å². The molecule has 0 aliphatic rings. The Bertz CT molecular complexity index is 248. The first-order valence-corrected chi connectivity index (χ1v) is 6.33. The van der Waals surface area contributed by atoms with Crippen molar-refractivity contribution < 1.29 is 18.1 Å². The molecule has 0 unspecified atom stereocenters. The van der Waals surface area contributed by atoms with Gasteiger partial charge in [-0.2, -0.15) is 0 Å². The van der Waals surface area contributed by atoms with Crippen LogP contribution in [0.1, 0.15) is 13.3 Å². The highest BCUT2D eigenvalue weighted by atomic mass is 28.4. The van der Waals surface area contributed by atoms with Gasteiger partial charge >= 0.3 is 8.80 Å². The number of carbonyl (C=O) groups excluding carboxylic acids is 1. The van der Waals surface area contributed by atoms with Gasteiger partial charge in [0, 0.05) is 27.8 Å². The number of Topliss-reactive ketones (excluding diaryl/α,β-unsaturated/α-hetero) is 1. The second kappa shape index (κ2) is 6.68. The Morgan fingerprint density at radius 1 is 1.27 bits per heavy atom. The molecule has 4 nitrogen and oxygen atoms in total. The van der Waals surface area contributed by atoms with Gasteiger partial charge in [0.05, 0.1) is 0 Å². The maximum atomic E-state index is 11.2. The topological polar surface area (TPSA) is 44.8 Å². The molecular formula is C10H18O4Si. The summed E-state index contributed by atoms with van der Waals surface area (Å²) in [6, 6.07) is 0. The van der Waals surface area contributed by atoms with Crippen LogP contribution in [0.2, 0.25) is 0 Å². The van der Waals surface area contributed by atoms with E-state index in [1.54, 1.807) is 18.7 Å². The zero-order chi connectivity index (χ0) is 11.9. The number of hydrogen-bond donors (Lipinski definition) is 0. The summed E-state index contributed by atoms with van der Waals surface area (Å²) in [5.74, 6) is -0.00235. The van der Waals surface area contributed by atoms with Crippen molar-refractivity contribution in [1.82, 2.24) is 0 Å². The molecule has 0 radical (unpaired) electrons. The van der Waals surface area contributed by atoms with Gasteiger partial charge in [0.1, 0.15) is 0 Å². The van der Waals surface area contributed by atoms with Crippen molar-refractivity contribution in [3.63, 3.8) is 0 Å². The summed E-state index contributed by atoms with van der Waals surface area (Å²) in [5, 5.41) is 0. The van der Waals surface area contributed by atoms with Crippen molar-refractivity contribution in [2.24, 2.45) is 0 Å². The van der Waals surface area contributed by atoms with Gasteiger partial charge < -0.3 is 13.3 Å². The molecule has 0 fully saturated rings. The molecule has 0 spiro atoms. The first-order chi connectivity index (χ1) is 7.01. The number of carbonyl (C=O) groups is 1. The third-order valence-electron chi connectivity index (χ3n) is 1.95. The van der Waals surface area contributed by atoms with E-state index in [-0.39, 0.29) is 5.78 Å². The minimum absolute atomic E-state index is 0.00235. The second-order valence-corrected chi connectivity index (χ2v) is 5.79. The first-order valence-electron chi connectivity index (χ1n) is 4.53. The molecule has 0 saturated carbocycles. The van der Waals surface area contributed by atoms with E-state index in [4.69, 9.17) is 13.3 Å². The molecule has 0 bridgehead atoms. The number of hydrogen-bond acceptors (Lipinski definition) is 4. The fourth-order valence-corrected chi connectivity index (χ4v) is 2.25. The van der Waals surface area contributed by atoms with Crippen LogP contribution in [0, 0.1) is 0 Å². The molecule has 0 amide bonds. The van der Waals surface area contributed by atoms with Crippen molar-refractivity contribution in [3.05, 3.63) is 23.9 Å². The maximum Gasteiger partial charge on any atom is 0.528 e. The molecular weight excluding hydrogens is 212 g/mol. The van der Waals surface area contributed by atoms with E-state index >= 15 is 0 Å². The molecule has 0 atom stereocenters. The summed E-state index contributed by atoms with van der Waals surface area (Å²) in [4.78, 5) is 11.2. The van der Waals surface area contributed by atoms with Crippen LogP contribution in [0.15, 0.2) is 23.9 Å². The van der Waals surface area contributed by atoms with Crippen molar-refractivity contribution in [2.45, 2.75) is 13.3 Å². The van der Waals surface area contributed by atoms with Crippen LogP contribution in [0.5, 0.6) is 0 Å². The van der Waals surface area contributed by atoms with Crippen LogP contribution in [-0.4, -0.2) is 35.9 Å². The quantitative estimate of drug-likeness (QED) is 0.491. The molecule has 0 aromatic carbocycles. The van der Waals surface area contributed by atoms with Crippen LogP contribution in [0.25, 0.3) is 0 Å². The largest absolute Gasteiger partial charge is 0.528 e. The third kappa shape index (κ3) is 4.52. The predicted molar refractivity (Wildman–Crippen MR) is 60.4 cm³/mol. The number of rotatable bonds is 7. The zero-order valence-corrected chi connectivity index (χ0v) is 10.7. The standard InChI is InChI=1S/C10H18O4Si/c1-9(2)10(11)7-6-8-15(12-3,13-4)14-5/h6,8H,1,7H2,2-5H3. The van der Waals surface area contributed by atoms with Crippen LogP contribution in [0.3, 0.4) is 0 Å². The molecule has 0 N–H and O–H groups in total. The molecule has 0 heterocycles. The van der Waals surface area contributed by atoms with Gasteiger partial charge in [0.2, 0.25) is 0 Å². The minimum atomic E-state index is -2.68. The summed E-state index contributed by atoms with van der Waals surface area (Å²) in [5.41, 5.74) is 2.23. The van der Waals surface area contributed by atoms with Crippen LogP contribution >= 0.6 is 0 Å². The lowest BCUT2D eigenvalue weighted by molar-refractivity contribution is -0.114. The van der Waals surface area contributed by atoms with E-state index in [0.29, 0.717) is 12.0 Å². The Morgan fingerprint density at radius 2 is 1.73 bits per heavy atom. The summed E-state index contributed by atoms with van der Waals surface area (Å²) >= 11 is 0. The van der Waals surface area contributed by atoms with Gasteiger partial charge in [-0.3, -0.25) is 4.79 Å². The van der Waals surface area contributed by atoms with Crippen molar-refractivity contribution in [3.8, 4) is 0 Å². The molecule has 0 saturated heterocycles. The van der Waals surface area contributed by atoms with Gasteiger partial charge in [-0.1, -0.05) is 12.7 Å². The average Bonchev–Trinajstić information content (AvgIpc) is 2.24. The Labute approximate surface area is 91.9 Å². The Morgan fingerprint density at radius 3 is 2.07 bits per heavy atom. The summed E-state index contributed by atoms with van der Waals surface area (Å²) < 4.78 is 15.5. The fraction of sp³-hybridized carbons (Fsp3) is 0.500. The average molecular weight is 230 g/mol. The Balaban J connectivity index is 4.36. The highest BCUT2D eigenvalue weighted by Gasteiger charge is 2.34. The molecule has 0 rings (SSSR count). The maximum absolute atomic E-state index is 11.2. The van der Waals surface area contributed by atoms with Crippen molar-refractivity contribution in [1.29, 1.82) is 0 Å². The van der Waals surface area contributed by atoms with Gasteiger partial charge in [-0.25, -0.2) is 0 Å². The number of ketones is 1. The summed E-state index contributed by atoms with van der Waals surface area (Å²) in [7, 11) is 1.87. The van der Waals surface area contributed by atoms with Crippen molar-refractivity contribution in [2.75, 3.05) is 21.3 Å². The van der Waals surface area contributed by atoms with Crippen LogP contribution < -0.4 is 0 Å². The molecule has 0 aliphatic carbocycles. The van der Waals surface area contributed by atoms with Gasteiger partial charge in [-0.05, 0) is 18.2 Å². The van der Waals surface area contributed by atoms with E-state index < -0.39 is 8.80 Å². The Kier molecular flexibility index (Phi) is 6.34. The monoisotopic (exact) mass is 230 g/mol. The van der Waals surface area contributed by atoms with Gasteiger partial charge in [0.15, 0.2) is 5.78 Å². The molecule has 0 aromatic heterocycles. The zero-order valence-electron chi connectivity index (χ0n) is 9.70. The lowest BCUT2D eigenvalue weighted by atomic mass is 10.2. The third-order valence-corrected chi connectivity index (χ3v) is 4.31. The normalized spacial score (nSPS) is 12.0. The lowest BCUT2D eigenvalue weighted by Crippen LogP contribution is -2.40. The van der Waals surface area contributed by atoms with Crippen LogP contribution in [0.4, 0.5) is 0 Å². The van der Waals surface area contributed by atoms with E-state index in [2.05, 4.69) is 6.58 Å². The molecule has 0 aliphatic heterocycles. The second-order valence-electron chi connectivity index (χ2n) is 3.03. The Hall–Kier alpha value is -0.753. The minimum Gasteiger partial charge on any atom is -0.374 e. The summed E-state index contributed by atoms with van der Waals surface area (Å²) in [6.07, 6.45) is 1.99. The van der Waals surface area contributed by atoms with E-state index in [0.717, 1.165) is 0 Å². The molecule has 15 heavy (non-hydrogen) atoms. The van der Waals surface area contributed by atoms with Gasteiger partial charge in [-0.15, -0.1) is 0 Å². The molecule has 0 aromatic rings. The smallest absolute Gasteiger partial charge is 0.374 e. The van der Waals surface area contributed by atoms with Crippen LogP contribution in [-0.2, 0) is 18.1 Å². The van der Waals surface area contributed by atoms with E-state index in [1.165, 1.54) is 21.3 Å². The highest BCUT2D eigenvalue weighted by Crippen LogP contribution is 2.08. The highest BCUT2D eigenvalue weighted by molar-refractivity contribution is 6.66. The van der Waals surface area contributed by atoms with E-state index in [1.807, 2.05) is 0 Å². The summed E-state index contributed by atoms with van der Waals surface area (Å²) in [6.45, 7) is 5.25. The molecule has 5 heteroatoms. The predicted octanol–water partition coefficient (Wildman–Crippen LogP) is 1.50. The molecule has 86 valence electrons.